The molecule has 1 amide bonds. The molecule has 2 rings (SSSR count). The van der Waals surface area contributed by atoms with Gasteiger partial charge in [-0.15, -0.1) is 12.4 Å². The van der Waals surface area contributed by atoms with Crippen molar-refractivity contribution in [2.75, 3.05) is 33.3 Å². The minimum absolute atomic E-state index is 0. The van der Waals surface area contributed by atoms with E-state index in [1.165, 1.54) is 0 Å². The predicted molar refractivity (Wildman–Crippen MR) is 99.9 cm³/mol. The van der Waals surface area contributed by atoms with Crippen molar-refractivity contribution in [3.8, 4) is 5.75 Å². The molecule has 7 heteroatoms. The molecule has 1 aliphatic rings. The SMILES string of the molecule is COc1ccc(Cl)cc1CN1CCN(C(=O)[C@@H](N)C(C)C)CC1.Cl. The van der Waals surface area contributed by atoms with E-state index in [0.29, 0.717) is 18.1 Å². The Hall–Kier alpha value is -1.01. The standard InChI is InChI=1S/C17H26ClN3O2.ClH/c1-12(2)16(19)17(22)21-8-6-20(7-9-21)11-13-10-14(18)4-5-15(13)23-3;/h4-5,10,12,16H,6-9,11,19H2,1-3H3;1H/t16-;/m0./s1. The Bertz CT molecular complexity index is 547. The molecule has 1 saturated heterocycles. The van der Waals surface area contributed by atoms with Gasteiger partial charge in [0.25, 0.3) is 0 Å². The summed E-state index contributed by atoms with van der Waals surface area (Å²) in [6, 6.07) is 5.24. The van der Waals surface area contributed by atoms with Crippen LogP contribution in [-0.4, -0.2) is 55.0 Å². The zero-order valence-corrected chi connectivity index (χ0v) is 16.1. The highest BCUT2D eigenvalue weighted by molar-refractivity contribution is 6.30. The zero-order valence-electron chi connectivity index (χ0n) is 14.5. The van der Waals surface area contributed by atoms with Crippen LogP contribution in [0.1, 0.15) is 19.4 Å². The van der Waals surface area contributed by atoms with Gasteiger partial charge in [0.1, 0.15) is 5.75 Å². The van der Waals surface area contributed by atoms with Gasteiger partial charge in [-0.2, -0.15) is 0 Å². The fourth-order valence-electron chi connectivity index (χ4n) is 2.73. The molecule has 0 saturated carbocycles. The summed E-state index contributed by atoms with van der Waals surface area (Å²) in [6.07, 6.45) is 0. The zero-order chi connectivity index (χ0) is 17.0. The maximum absolute atomic E-state index is 12.3. The Morgan fingerprint density at radius 3 is 2.46 bits per heavy atom. The number of amides is 1. The molecule has 0 unspecified atom stereocenters. The van der Waals surface area contributed by atoms with E-state index < -0.39 is 6.04 Å². The van der Waals surface area contributed by atoms with Crippen LogP contribution in [0.25, 0.3) is 0 Å². The lowest BCUT2D eigenvalue weighted by Crippen LogP contribution is -2.54. The highest BCUT2D eigenvalue weighted by Crippen LogP contribution is 2.24. The number of hydrogen-bond acceptors (Lipinski definition) is 4. The lowest BCUT2D eigenvalue weighted by atomic mass is 10.0. The Morgan fingerprint density at radius 2 is 1.92 bits per heavy atom. The van der Waals surface area contributed by atoms with E-state index in [1.807, 2.05) is 36.9 Å². The van der Waals surface area contributed by atoms with Crippen LogP contribution >= 0.6 is 24.0 Å². The Kier molecular flexibility index (Phi) is 8.30. The predicted octanol–water partition coefficient (Wildman–Crippen LogP) is 2.40. The summed E-state index contributed by atoms with van der Waals surface area (Å²) in [5.41, 5.74) is 7.04. The second-order valence-electron chi connectivity index (χ2n) is 6.33. The van der Waals surface area contributed by atoms with E-state index >= 15 is 0 Å². The minimum atomic E-state index is -0.408. The number of rotatable bonds is 5. The second kappa shape index (κ2) is 9.47. The molecule has 1 aliphatic heterocycles. The van der Waals surface area contributed by atoms with Crippen LogP contribution < -0.4 is 10.5 Å². The van der Waals surface area contributed by atoms with E-state index in [-0.39, 0.29) is 24.2 Å². The van der Waals surface area contributed by atoms with E-state index in [0.717, 1.165) is 30.9 Å². The van der Waals surface area contributed by atoms with Crippen LogP contribution in [0.4, 0.5) is 0 Å². The van der Waals surface area contributed by atoms with Crippen molar-refractivity contribution >= 4 is 29.9 Å². The Balaban J connectivity index is 0.00000288. The van der Waals surface area contributed by atoms with Crippen LogP contribution in [0.5, 0.6) is 5.75 Å². The van der Waals surface area contributed by atoms with Crippen LogP contribution in [0.15, 0.2) is 18.2 Å². The maximum atomic E-state index is 12.3. The molecular weight excluding hydrogens is 349 g/mol. The molecule has 1 aromatic rings. The molecule has 1 heterocycles. The number of carbonyl (C=O) groups is 1. The van der Waals surface area contributed by atoms with Gasteiger partial charge >= 0.3 is 0 Å². The number of halogens is 2. The summed E-state index contributed by atoms with van der Waals surface area (Å²) in [5.74, 6) is 1.06. The number of hydrogen-bond donors (Lipinski definition) is 1. The van der Waals surface area contributed by atoms with Crippen molar-refractivity contribution in [1.29, 1.82) is 0 Å². The van der Waals surface area contributed by atoms with Gasteiger partial charge in [-0.05, 0) is 24.1 Å². The highest BCUT2D eigenvalue weighted by Gasteiger charge is 2.27. The third-order valence-electron chi connectivity index (χ3n) is 4.32. The third-order valence-corrected chi connectivity index (χ3v) is 4.56. The van der Waals surface area contributed by atoms with Gasteiger partial charge in [0.2, 0.25) is 5.91 Å². The summed E-state index contributed by atoms with van der Waals surface area (Å²) in [7, 11) is 1.66. The van der Waals surface area contributed by atoms with Crippen molar-refractivity contribution in [2.24, 2.45) is 11.7 Å². The maximum Gasteiger partial charge on any atom is 0.239 e. The number of ether oxygens (including phenoxy) is 1. The molecule has 0 aromatic heterocycles. The van der Waals surface area contributed by atoms with Gasteiger partial charge in [-0.1, -0.05) is 25.4 Å². The Labute approximate surface area is 155 Å². The summed E-state index contributed by atoms with van der Waals surface area (Å²) in [6.45, 7) is 7.79. The fourth-order valence-corrected chi connectivity index (χ4v) is 2.93. The van der Waals surface area contributed by atoms with Gasteiger partial charge in [-0.25, -0.2) is 0 Å². The van der Waals surface area contributed by atoms with Crippen LogP contribution in [0.2, 0.25) is 5.02 Å². The number of nitrogens with two attached hydrogens (primary N) is 1. The fraction of sp³-hybridized carbons (Fsp3) is 0.588. The van der Waals surface area contributed by atoms with Crippen LogP contribution in [0, 0.1) is 5.92 Å². The van der Waals surface area contributed by atoms with Gasteiger partial charge in [0.15, 0.2) is 0 Å². The first-order valence-corrected chi connectivity index (χ1v) is 8.39. The van der Waals surface area contributed by atoms with Crippen molar-refractivity contribution < 1.29 is 9.53 Å². The topological polar surface area (TPSA) is 58.8 Å². The number of nitrogens with zero attached hydrogens (tertiary/aromatic N) is 2. The van der Waals surface area contributed by atoms with E-state index in [4.69, 9.17) is 22.1 Å². The second-order valence-corrected chi connectivity index (χ2v) is 6.76. The van der Waals surface area contributed by atoms with Crippen molar-refractivity contribution in [3.63, 3.8) is 0 Å². The summed E-state index contributed by atoms with van der Waals surface area (Å²) in [4.78, 5) is 16.5. The monoisotopic (exact) mass is 375 g/mol. The quantitative estimate of drug-likeness (QED) is 0.858. The largest absolute Gasteiger partial charge is 0.496 e. The minimum Gasteiger partial charge on any atom is -0.496 e. The van der Waals surface area contributed by atoms with Crippen LogP contribution in [0.3, 0.4) is 0 Å². The van der Waals surface area contributed by atoms with Crippen molar-refractivity contribution in [2.45, 2.75) is 26.4 Å². The highest BCUT2D eigenvalue weighted by atomic mass is 35.5. The molecule has 0 aliphatic carbocycles. The molecule has 136 valence electrons. The first-order chi connectivity index (χ1) is 10.9. The first kappa shape index (κ1) is 21.0. The lowest BCUT2D eigenvalue weighted by molar-refractivity contribution is -0.135. The van der Waals surface area contributed by atoms with Gasteiger partial charge < -0.3 is 15.4 Å². The molecule has 0 bridgehead atoms. The average molecular weight is 376 g/mol. The van der Waals surface area contributed by atoms with Crippen molar-refractivity contribution in [3.05, 3.63) is 28.8 Å². The van der Waals surface area contributed by atoms with Gasteiger partial charge in [0.05, 0.1) is 13.2 Å². The number of benzene rings is 1. The number of methoxy groups -OCH3 is 1. The number of carbonyl (C=O) groups excluding carboxylic acids is 1. The third kappa shape index (κ3) is 5.24. The van der Waals surface area contributed by atoms with Crippen LogP contribution in [-0.2, 0) is 11.3 Å². The van der Waals surface area contributed by atoms with Crippen molar-refractivity contribution in [1.82, 2.24) is 9.80 Å². The molecule has 1 atom stereocenters. The average Bonchev–Trinajstić information content (AvgIpc) is 2.54. The molecule has 2 N–H and O–H groups in total. The molecule has 1 aromatic carbocycles. The molecule has 1 fully saturated rings. The van der Waals surface area contributed by atoms with E-state index in [1.54, 1.807) is 7.11 Å². The summed E-state index contributed by atoms with van der Waals surface area (Å²) in [5, 5.41) is 0.706. The van der Waals surface area contributed by atoms with E-state index in [2.05, 4.69) is 4.90 Å². The normalized spacial score (nSPS) is 16.7. The van der Waals surface area contributed by atoms with E-state index in [9.17, 15) is 4.79 Å². The molecule has 24 heavy (non-hydrogen) atoms. The molecule has 0 spiro atoms. The Morgan fingerprint density at radius 1 is 1.29 bits per heavy atom. The van der Waals surface area contributed by atoms with Gasteiger partial charge in [0, 0.05) is 43.3 Å². The number of piperazine rings is 1. The van der Waals surface area contributed by atoms with Gasteiger partial charge in [-0.3, -0.25) is 9.69 Å². The molecular formula is C17H27Cl2N3O2. The molecule has 0 radical (unpaired) electrons. The first-order valence-electron chi connectivity index (χ1n) is 8.01. The summed E-state index contributed by atoms with van der Waals surface area (Å²) >= 11 is 6.08. The molecule has 5 nitrogen and oxygen atoms in total. The smallest absolute Gasteiger partial charge is 0.239 e. The summed E-state index contributed by atoms with van der Waals surface area (Å²) < 4.78 is 5.39. The lowest BCUT2D eigenvalue weighted by Gasteiger charge is -2.36.